The minimum atomic E-state index is -0.310. The average Bonchev–Trinajstić information content (AvgIpc) is 3.26. The molecule has 6 nitrogen and oxygen atoms in total. The lowest BCUT2D eigenvalue weighted by molar-refractivity contribution is -0.122. The quantitative estimate of drug-likeness (QED) is 0.557. The van der Waals surface area contributed by atoms with Gasteiger partial charge in [-0.3, -0.25) is 4.79 Å². The van der Waals surface area contributed by atoms with Crippen LogP contribution in [-0.2, 0) is 4.79 Å². The number of anilines is 2. The van der Waals surface area contributed by atoms with Gasteiger partial charge in [-0.15, -0.1) is 0 Å². The number of hydrogen-bond acceptors (Lipinski definition) is 5. The second kappa shape index (κ2) is 11.2. The molecule has 0 spiro atoms. The van der Waals surface area contributed by atoms with E-state index in [4.69, 9.17) is 4.74 Å². The second-order valence-electron chi connectivity index (χ2n) is 8.50. The average molecular weight is 443 g/mol. The lowest BCUT2D eigenvalue weighted by Crippen LogP contribution is -2.35. The zero-order valence-corrected chi connectivity index (χ0v) is 19.5. The highest BCUT2D eigenvalue weighted by Crippen LogP contribution is 2.29. The molecule has 1 aromatic carbocycles. The van der Waals surface area contributed by atoms with Crippen LogP contribution in [0, 0.1) is 5.82 Å². The van der Waals surface area contributed by atoms with E-state index in [9.17, 15) is 9.18 Å². The van der Waals surface area contributed by atoms with Crippen LogP contribution in [0.2, 0.25) is 0 Å². The van der Waals surface area contributed by atoms with E-state index in [1.54, 1.807) is 12.3 Å². The predicted octanol–water partition coefficient (Wildman–Crippen LogP) is 4.72. The van der Waals surface area contributed by atoms with Gasteiger partial charge >= 0.3 is 0 Å². The third kappa shape index (κ3) is 5.90. The Balaban J connectivity index is 1.57. The number of carbonyl (C=O) groups is 1. The van der Waals surface area contributed by atoms with Crippen molar-refractivity contribution in [1.29, 1.82) is 0 Å². The topological polar surface area (TPSA) is 66.5 Å². The third-order valence-corrected chi connectivity index (χ3v) is 5.97. The standard InChI is InChI=1S/C25H35FN4O2/c1-5-13-27-24-23(26)22(11-14-28-24)30-15-12-21(16-30)32-20-9-7-19(8-10-20)18(4)25(31)29-17(3)6-2/h7-11,14,17-18,21H,5-6,12-13,15-16H2,1-4H3,(H,27,28)(H,29,31)/t17-,18?,21?/m1/s1. The van der Waals surface area contributed by atoms with Crippen LogP contribution in [0.1, 0.15) is 58.4 Å². The van der Waals surface area contributed by atoms with Crippen molar-refractivity contribution in [3.05, 3.63) is 47.9 Å². The van der Waals surface area contributed by atoms with Gasteiger partial charge in [0.05, 0.1) is 18.2 Å². The van der Waals surface area contributed by atoms with Crippen LogP contribution in [0.4, 0.5) is 15.9 Å². The van der Waals surface area contributed by atoms with Gasteiger partial charge < -0.3 is 20.3 Å². The van der Waals surface area contributed by atoms with Crippen molar-refractivity contribution in [2.24, 2.45) is 0 Å². The maximum Gasteiger partial charge on any atom is 0.227 e. The number of benzene rings is 1. The minimum absolute atomic E-state index is 0.0217. The number of halogens is 1. The Morgan fingerprint density at radius 3 is 2.69 bits per heavy atom. The van der Waals surface area contributed by atoms with Gasteiger partial charge in [0.15, 0.2) is 11.6 Å². The molecule has 0 bridgehead atoms. The van der Waals surface area contributed by atoms with Gasteiger partial charge in [0.1, 0.15) is 11.9 Å². The van der Waals surface area contributed by atoms with Crippen LogP contribution in [0.25, 0.3) is 0 Å². The maximum absolute atomic E-state index is 14.8. The molecule has 32 heavy (non-hydrogen) atoms. The van der Waals surface area contributed by atoms with Gasteiger partial charge in [-0.25, -0.2) is 9.37 Å². The number of amides is 1. The molecule has 1 amide bonds. The minimum Gasteiger partial charge on any atom is -0.489 e. The van der Waals surface area contributed by atoms with Crippen molar-refractivity contribution in [2.45, 2.75) is 65.0 Å². The molecule has 2 heterocycles. The largest absolute Gasteiger partial charge is 0.489 e. The number of ether oxygens (including phenoxy) is 1. The lowest BCUT2D eigenvalue weighted by Gasteiger charge is -2.21. The Morgan fingerprint density at radius 1 is 1.25 bits per heavy atom. The van der Waals surface area contributed by atoms with Crippen LogP contribution in [-0.4, -0.2) is 42.7 Å². The fraction of sp³-hybridized carbons (Fsp3) is 0.520. The molecule has 7 heteroatoms. The summed E-state index contributed by atoms with van der Waals surface area (Å²) in [7, 11) is 0. The highest BCUT2D eigenvalue weighted by molar-refractivity contribution is 5.83. The molecule has 0 aliphatic carbocycles. The zero-order chi connectivity index (χ0) is 23.1. The smallest absolute Gasteiger partial charge is 0.227 e. The van der Waals surface area contributed by atoms with E-state index < -0.39 is 0 Å². The number of aromatic nitrogens is 1. The first-order valence-corrected chi connectivity index (χ1v) is 11.6. The molecule has 0 saturated carbocycles. The first-order chi connectivity index (χ1) is 15.4. The normalized spacial score (nSPS) is 17.7. The summed E-state index contributed by atoms with van der Waals surface area (Å²) in [6, 6.07) is 9.58. The van der Waals surface area contributed by atoms with Crippen LogP contribution in [0.15, 0.2) is 36.5 Å². The number of carbonyl (C=O) groups excluding carboxylic acids is 1. The van der Waals surface area contributed by atoms with Gasteiger partial charge in [0, 0.05) is 31.7 Å². The Hall–Kier alpha value is -2.83. The zero-order valence-electron chi connectivity index (χ0n) is 19.5. The lowest BCUT2D eigenvalue weighted by atomic mass is 10.00. The fourth-order valence-corrected chi connectivity index (χ4v) is 3.74. The van der Waals surface area contributed by atoms with Crippen LogP contribution < -0.4 is 20.3 Å². The number of pyridine rings is 1. The molecule has 1 aromatic heterocycles. The van der Waals surface area contributed by atoms with Gasteiger partial charge in [0.25, 0.3) is 0 Å². The van der Waals surface area contributed by atoms with Crippen molar-refractivity contribution in [2.75, 3.05) is 29.9 Å². The van der Waals surface area contributed by atoms with Crippen molar-refractivity contribution in [3.8, 4) is 5.75 Å². The SMILES string of the molecule is CCCNc1nccc(N2CCC(Oc3ccc(C(C)C(=O)N[C@H](C)CC)cc3)C2)c1F. The molecular formula is C25H35FN4O2. The summed E-state index contributed by atoms with van der Waals surface area (Å²) in [6.45, 7) is 10.0. The molecule has 1 fully saturated rings. The number of hydrogen-bond donors (Lipinski definition) is 2. The van der Waals surface area contributed by atoms with E-state index in [2.05, 4.69) is 22.5 Å². The molecule has 2 N–H and O–H groups in total. The molecule has 1 aliphatic heterocycles. The maximum atomic E-state index is 14.8. The molecule has 2 aromatic rings. The summed E-state index contributed by atoms with van der Waals surface area (Å²) in [5.74, 6) is 0.568. The van der Waals surface area contributed by atoms with Crippen molar-refractivity contribution in [1.82, 2.24) is 10.3 Å². The molecule has 174 valence electrons. The Labute approximate surface area is 190 Å². The highest BCUT2D eigenvalue weighted by atomic mass is 19.1. The summed E-state index contributed by atoms with van der Waals surface area (Å²) >= 11 is 0. The molecule has 1 saturated heterocycles. The van der Waals surface area contributed by atoms with E-state index in [1.807, 2.05) is 49.9 Å². The summed E-state index contributed by atoms with van der Waals surface area (Å²) in [5, 5.41) is 6.07. The summed E-state index contributed by atoms with van der Waals surface area (Å²) in [6.07, 6.45) is 4.25. The van der Waals surface area contributed by atoms with Gasteiger partial charge in [-0.05, 0) is 50.5 Å². The monoisotopic (exact) mass is 442 g/mol. The van der Waals surface area contributed by atoms with Gasteiger partial charge in [-0.1, -0.05) is 26.0 Å². The van der Waals surface area contributed by atoms with Gasteiger partial charge in [-0.2, -0.15) is 0 Å². The highest BCUT2D eigenvalue weighted by Gasteiger charge is 2.27. The predicted molar refractivity (Wildman–Crippen MR) is 127 cm³/mol. The third-order valence-electron chi connectivity index (χ3n) is 5.97. The van der Waals surface area contributed by atoms with Crippen LogP contribution in [0.5, 0.6) is 5.75 Å². The van der Waals surface area contributed by atoms with E-state index in [-0.39, 0.29) is 29.8 Å². The van der Waals surface area contributed by atoms with Crippen molar-refractivity contribution >= 4 is 17.4 Å². The molecule has 1 aliphatic rings. The molecule has 3 rings (SSSR count). The molecule has 2 unspecified atom stereocenters. The Morgan fingerprint density at radius 2 is 2.00 bits per heavy atom. The second-order valence-corrected chi connectivity index (χ2v) is 8.50. The van der Waals surface area contributed by atoms with E-state index in [1.165, 1.54) is 0 Å². The Bertz CT molecular complexity index is 890. The number of nitrogens with zero attached hydrogens (tertiary/aromatic N) is 2. The molecule has 0 radical (unpaired) electrons. The van der Waals surface area contributed by atoms with Gasteiger partial charge in [0.2, 0.25) is 5.91 Å². The summed E-state index contributed by atoms with van der Waals surface area (Å²) in [4.78, 5) is 18.5. The van der Waals surface area contributed by atoms with E-state index >= 15 is 0 Å². The van der Waals surface area contributed by atoms with Crippen molar-refractivity contribution in [3.63, 3.8) is 0 Å². The van der Waals surface area contributed by atoms with Crippen LogP contribution in [0.3, 0.4) is 0 Å². The fourth-order valence-electron chi connectivity index (χ4n) is 3.74. The summed E-state index contributed by atoms with van der Waals surface area (Å²) < 4.78 is 21.0. The number of rotatable bonds is 10. The Kier molecular flexibility index (Phi) is 8.31. The van der Waals surface area contributed by atoms with E-state index in [0.717, 1.165) is 37.1 Å². The number of nitrogens with one attached hydrogen (secondary N) is 2. The first kappa shape index (κ1) is 23.8. The molecule has 3 atom stereocenters. The van der Waals surface area contributed by atoms with Crippen LogP contribution >= 0.6 is 0 Å². The van der Waals surface area contributed by atoms with E-state index in [0.29, 0.717) is 24.6 Å². The first-order valence-electron chi connectivity index (χ1n) is 11.6. The van der Waals surface area contributed by atoms with Crippen molar-refractivity contribution < 1.29 is 13.9 Å². The molecular weight excluding hydrogens is 407 g/mol. The summed E-state index contributed by atoms with van der Waals surface area (Å²) in [5.41, 5.74) is 1.51.